The van der Waals surface area contributed by atoms with Crippen molar-refractivity contribution in [1.82, 2.24) is 5.32 Å². The number of carbonyl (C=O) groups excluding carboxylic acids is 1. The number of ether oxygens (including phenoxy) is 1. The zero-order valence-electron chi connectivity index (χ0n) is 13.6. The maximum Gasteiger partial charge on any atom is 0.251 e. The first kappa shape index (κ1) is 17.6. The smallest absolute Gasteiger partial charge is 0.251 e. The van der Waals surface area contributed by atoms with Crippen LogP contribution in [0.2, 0.25) is 0 Å². The third-order valence-corrected chi connectivity index (χ3v) is 4.32. The van der Waals surface area contributed by atoms with Crippen molar-refractivity contribution in [1.29, 1.82) is 0 Å². The Hall–Kier alpha value is -2.25. The highest BCUT2D eigenvalue weighted by Crippen LogP contribution is 2.33. The van der Waals surface area contributed by atoms with E-state index in [0.717, 1.165) is 5.56 Å². The molecule has 1 aliphatic rings. The van der Waals surface area contributed by atoms with E-state index in [1.54, 1.807) is 24.3 Å². The molecule has 132 valence electrons. The minimum atomic E-state index is -1.16. The van der Waals surface area contributed by atoms with Crippen LogP contribution in [0.25, 0.3) is 0 Å². The fourth-order valence-electron chi connectivity index (χ4n) is 2.91. The Kier molecular flexibility index (Phi) is 5.45. The average molecular weight is 343 g/mol. The summed E-state index contributed by atoms with van der Waals surface area (Å²) in [4.78, 5) is 12.3. The normalized spacial score (nSPS) is 25.7. The van der Waals surface area contributed by atoms with E-state index in [1.165, 1.54) is 0 Å². The number of nitrogens with one attached hydrogen (secondary N) is 1. The van der Waals surface area contributed by atoms with E-state index in [1.807, 2.05) is 30.3 Å². The fourth-order valence-corrected chi connectivity index (χ4v) is 2.91. The lowest BCUT2D eigenvalue weighted by Gasteiger charge is -2.16. The summed E-state index contributed by atoms with van der Waals surface area (Å²) in [6.07, 6.45) is -3.94. The van der Waals surface area contributed by atoms with Gasteiger partial charge in [0, 0.05) is 12.1 Å². The third-order valence-electron chi connectivity index (χ3n) is 4.32. The van der Waals surface area contributed by atoms with Gasteiger partial charge in [0.15, 0.2) is 0 Å². The quantitative estimate of drug-likeness (QED) is 0.643. The lowest BCUT2D eigenvalue weighted by atomic mass is 9.99. The molecule has 0 unspecified atom stereocenters. The van der Waals surface area contributed by atoms with Crippen LogP contribution in [-0.2, 0) is 11.3 Å². The molecule has 1 heterocycles. The van der Waals surface area contributed by atoms with Crippen molar-refractivity contribution in [2.75, 3.05) is 6.61 Å². The predicted molar refractivity (Wildman–Crippen MR) is 90.8 cm³/mol. The number of hydrogen-bond donors (Lipinski definition) is 4. The number of hydrogen-bond acceptors (Lipinski definition) is 5. The monoisotopic (exact) mass is 343 g/mol. The molecule has 1 amide bonds. The second-order valence-electron chi connectivity index (χ2n) is 6.05. The van der Waals surface area contributed by atoms with E-state index in [-0.39, 0.29) is 12.5 Å². The Balaban J connectivity index is 1.70. The molecule has 0 radical (unpaired) electrons. The predicted octanol–water partition coefficient (Wildman–Crippen LogP) is 0.771. The van der Waals surface area contributed by atoms with E-state index in [0.29, 0.717) is 17.7 Å². The van der Waals surface area contributed by atoms with E-state index in [9.17, 15) is 20.1 Å². The molecule has 4 N–H and O–H groups in total. The number of amides is 1. The SMILES string of the molecule is O=C(NCc1ccccc1)c1cccc([C@@H]2O[C@H](CO)[C@@H](O)[C@H]2O)c1. The van der Waals surface area contributed by atoms with E-state index in [2.05, 4.69) is 5.32 Å². The average Bonchev–Trinajstić information content (AvgIpc) is 2.95. The lowest BCUT2D eigenvalue weighted by molar-refractivity contribution is -0.0227. The fraction of sp³-hybridized carbons (Fsp3) is 0.316. The number of rotatable bonds is 5. The molecular weight excluding hydrogens is 322 g/mol. The first-order valence-electron chi connectivity index (χ1n) is 8.14. The van der Waals surface area contributed by atoms with Gasteiger partial charge in [-0.2, -0.15) is 0 Å². The van der Waals surface area contributed by atoms with Gasteiger partial charge < -0.3 is 25.4 Å². The van der Waals surface area contributed by atoms with Crippen molar-refractivity contribution in [3.63, 3.8) is 0 Å². The molecule has 2 aromatic rings. The molecule has 4 atom stereocenters. The molecule has 0 aromatic heterocycles. The molecule has 0 bridgehead atoms. The molecule has 1 fully saturated rings. The summed E-state index contributed by atoms with van der Waals surface area (Å²) in [5, 5.41) is 32.0. The van der Waals surface area contributed by atoms with E-state index >= 15 is 0 Å². The van der Waals surface area contributed by atoms with Crippen LogP contribution in [0.1, 0.15) is 27.6 Å². The summed E-state index contributed by atoms with van der Waals surface area (Å²) in [5.41, 5.74) is 2.01. The van der Waals surface area contributed by atoms with Crippen LogP contribution in [-0.4, -0.2) is 46.1 Å². The molecule has 2 aromatic carbocycles. The Labute approximate surface area is 145 Å². The molecule has 25 heavy (non-hydrogen) atoms. The molecule has 6 nitrogen and oxygen atoms in total. The maximum atomic E-state index is 12.3. The minimum absolute atomic E-state index is 0.238. The van der Waals surface area contributed by atoms with Gasteiger partial charge in [0.2, 0.25) is 0 Å². The number of benzene rings is 2. The van der Waals surface area contributed by atoms with Gasteiger partial charge in [0.1, 0.15) is 24.4 Å². The minimum Gasteiger partial charge on any atom is -0.394 e. The van der Waals surface area contributed by atoms with Gasteiger partial charge in [-0.25, -0.2) is 0 Å². The van der Waals surface area contributed by atoms with Crippen molar-refractivity contribution in [3.8, 4) is 0 Å². The number of aliphatic hydroxyl groups excluding tert-OH is 3. The highest BCUT2D eigenvalue weighted by atomic mass is 16.6. The van der Waals surface area contributed by atoms with Crippen LogP contribution in [0, 0.1) is 0 Å². The van der Waals surface area contributed by atoms with Gasteiger partial charge in [-0.05, 0) is 23.3 Å². The molecular formula is C19H21NO5. The summed E-state index contributed by atoms with van der Waals surface area (Å²) in [5.74, 6) is -0.238. The molecule has 1 saturated heterocycles. The molecule has 6 heteroatoms. The van der Waals surface area contributed by atoms with Crippen LogP contribution in [0.15, 0.2) is 54.6 Å². The molecule has 0 aliphatic carbocycles. The zero-order valence-corrected chi connectivity index (χ0v) is 13.6. The van der Waals surface area contributed by atoms with E-state index in [4.69, 9.17) is 4.74 Å². The van der Waals surface area contributed by atoms with Gasteiger partial charge in [0.25, 0.3) is 5.91 Å². The maximum absolute atomic E-state index is 12.3. The Bertz CT molecular complexity index is 721. The van der Waals surface area contributed by atoms with Crippen LogP contribution < -0.4 is 5.32 Å². The van der Waals surface area contributed by atoms with Gasteiger partial charge >= 0.3 is 0 Å². The Morgan fingerprint density at radius 3 is 2.48 bits per heavy atom. The van der Waals surface area contributed by atoms with Gasteiger partial charge in [-0.1, -0.05) is 42.5 Å². The van der Waals surface area contributed by atoms with Gasteiger partial charge in [-0.15, -0.1) is 0 Å². The van der Waals surface area contributed by atoms with Crippen molar-refractivity contribution in [3.05, 3.63) is 71.3 Å². The lowest BCUT2D eigenvalue weighted by Crippen LogP contribution is -2.32. The highest BCUT2D eigenvalue weighted by molar-refractivity contribution is 5.94. The summed E-state index contributed by atoms with van der Waals surface area (Å²) in [7, 11) is 0. The van der Waals surface area contributed by atoms with Crippen molar-refractivity contribution in [2.24, 2.45) is 0 Å². The van der Waals surface area contributed by atoms with Crippen molar-refractivity contribution >= 4 is 5.91 Å². The molecule has 0 spiro atoms. The largest absolute Gasteiger partial charge is 0.394 e. The second kappa shape index (κ2) is 7.76. The molecule has 1 aliphatic heterocycles. The highest BCUT2D eigenvalue weighted by Gasteiger charge is 2.43. The van der Waals surface area contributed by atoms with Crippen LogP contribution in [0.3, 0.4) is 0 Å². The van der Waals surface area contributed by atoms with E-state index < -0.39 is 24.4 Å². The Morgan fingerprint density at radius 2 is 1.80 bits per heavy atom. The third kappa shape index (κ3) is 3.88. The number of carbonyl (C=O) groups is 1. The summed E-state index contributed by atoms with van der Waals surface area (Å²) >= 11 is 0. The number of aliphatic hydroxyl groups is 3. The summed E-state index contributed by atoms with van der Waals surface area (Å²) < 4.78 is 5.50. The summed E-state index contributed by atoms with van der Waals surface area (Å²) in [6.45, 7) is 0.0315. The van der Waals surface area contributed by atoms with Crippen LogP contribution >= 0.6 is 0 Å². The Morgan fingerprint density at radius 1 is 1.04 bits per heavy atom. The van der Waals surface area contributed by atoms with Crippen LogP contribution in [0.5, 0.6) is 0 Å². The van der Waals surface area contributed by atoms with Gasteiger partial charge in [0.05, 0.1) is 6.61 Å². The first-order valence-corrected chi connectivity index (χ1v) is 8.14. The second-order valence-corrected chi connectivity index (χ2v) is 6.05. The summed E-state index contributed by atoms with van der Waals surface area (Å²) in [6, 6.07) is 16.3. The van der Waals surface area contributed by atoms with Crippen molar-refractivity contribution < 1.29 is 24.9 Å². The van der Waals surface area contributed by atoms with Gasteiger partial charge in [-0.3, -0.25) is 4.79 Å². The zero-order chi connectivity index (χ0) is 17.8. The molecule has 3 rings (SSSR count). The van der Waals surface area contributed by atoms with Crippen LogP contribution in [0.4, 0.5) is 0 Å². The molecule has 0 saturated carbocycles. The standard InChI is InChI=1S/C19H21NO5/c21-11-15-16(22)17(23)18(25-15)13-7-4-8-14(9-13)19(24)20-10-12-5-2-1-3-6-12/h1-9,15-18,21-23H,10-11H2,(H,20,24)/t15-,16-,17-,18+/m1/s1. The van der Waals surface area contributed by atoms with Crippen molar-refractivity contribution in [2.45, 2.75) is 31.0 Å². The first-order chi connectivity index (χ1) is 12.1. The topological polar surface area (TPSA) is 99.0 Å².